The van der Waals surface area contributed by atoms with E-state index in [4.69, 9.17) is 5.73 Å². The standard InChI is InChI=1S/C11H24N2O3S/c1-5-6-7-17(15,16)13-9(2)10(14)11(3,4)8-12/h9,13H,5-8,12H2,1-4H3. The monoisotopic (exact) mass is 264 g/mol. The summed E-state index contributed by atoms with van der Waals surface area (Å²) < 4.78 is 25.6. The van der Waals surface area contributed by atoms with Gasteiger partial charge in [-0.05, 0) is 13.3 Å². The fourth-order valence-electron chi connectivity index (χ4n) is 1.40. The maximum atomic E-state index is 11.9. The molecule has 5 nitrogen and oxygen atoms in total. The van der Waals surface area contributed by atoms with Crippen LogP contribution in [0.3, 0.4) is 0 Å². The summed E-state index contributed by atoms with van der Waals surface area (Å²) in [6.45, 7) is 7.11. The maximum Gasteiger partial charge on any atom is 0.212 e. The predicted octanol–water partition coefficient (Wildman–Crippen LogP) is 0.648. The van der Waals surface area contributed by atoms with Gasteiger partial charge in [0.25, 0.3) is 0 Å². The Morgan fingerprint density at radius 3 is 2.35 bits per heavy atom. The Labute approximate surface area is 104 Å². The third-order valence-electron chi connectivity index (χ3n) is 2.69. The lowest BCUT2D eigenvalue weighted by atomic mass is 9.85. The molecule has 0 saturated heterocycles. The molecular weight excluding hydrogens is 240 g/mol. The highest BCUT2D eigenvalue weighted by atomic mass is 32.2. The SMILES string of the molecule is CCCCS(=O)(=O)NC(C)C(=O)C(C)(C)CN. The Hall–Kier alpha value is -0.460. The van der Waals surface area contributed by atoms with Crippen molar-refractivity contribution >= 4 is 15.8 Å². The van der Waals surface area contributed by atoms with Crippen molar-refractivity contribution in [1.82, 2.24) is 4.72 Å². The Balaban J connectivity index is 4.55. The van der Waals surface area contributed by atoms with E-state index in [1.54, 1.807) is 20.8 Å². The number of hydrogen-bond acceptors (Lipinski definition) is 4. The average Bonchev–Trinajstić information content (AvgIpc) is 2.24. The minimum atomic E-state index is -3.37. The molecule has 0 rings (SSSR count). The van der Waals surface area contributed by atoms with Gasteiger partial charge in [0.2, 0.25) is 10.0 Å². The van der Waals surface area contributed by atoms with Crippen LogP contribution in [0.5, 0.6) is 0 Å². The Morgan fingerprint density at radius 1 is 1.41 bits per heavy atom. The minimum Gasteiger partial charge on any atom is -0.329 e. The molecule has 0 bridgehead atoms. The van der Waals surface area contributed by atoms with Crippen molar-refractivity contribution in [3.05, 3.63) is 0 Å². The van der Waals surface area contributed by atoms with Crippen LogP contribution in [0.4, 0.5) is 0 Å². The molecule has 1 unspecified atom stereocenters. The summed E-state index contributed by atoms with van der Waals surface area (Å²) in [5, 5.41) is 0. The van der Waals surface area contributed by atoms with Crippen molar-refractivity contribution in [3.8, 4) is 0 Å². The van der Waals surface area contributed by atoms with Gasteiger partial charge in [-0.2, -0.15) is 0 Å². The predicted molar refractivity (Wildman–Crippen MR) is 69.1 cm³/mol. The van der Waals surface area contributed by atoms with E-state index in [1.807, 2.05) is 6.92 Å². The van der Waals surface area contributed by atoms with Crippen molar-refractivity contribution in [2.24, 2.45) is 11.1 Å². The van der Waals surface area contributed by atoms with Crippen LogP contribution in [0.15, 0.2) is 0 Å². The van der Waals surface area contributed by atoms with Gasteiger partial charge in [0.15, 0.2) is 5.78 Å². The first-order chi connectivity index (χ1) is 7.66. The van der Waals surface area contributed by atoms with Crippen molar-refractivity contribution in [3.63, 3.8) is 0 Å². The highest BCUT2D eigenvalue weighted by Crippen LogP contribution is 2.16. The zero-order valence-electron chi connectivity index (χ0n) is 11.1. The number of Topliss-reactive ketones (excluding diaryl/α,β-unsaturated/α-hetero) is 1. The average molecular weight is 264 g/mol. The van der Waals surface area contributed by atoms with Gasteiger partial charge >= 0.3 is 0 Å². The molecule has 0 aliphatic carbocycles. The number of hydrogen-bond donors (Lipinski definition) is 2. The lowest BCUT2D eigenvalue weighted by Gasteiger charge is -2.25. The molecule has 0 fully saturated rings. The molecule has 0 saturated carbocycles. The molecule has 0 aromatic rings. The number of unbranched alkanes of at least 4 members (excludes halogenated alkanes) is 1. The summed E-state index contributed by atoms with van der Waals surface area (Å²) >= 11 is 0. The van der Waals surface area contributed by atoms with Crippen LogP contribution in [0.25, 0.3) is 0 Å². The van der Waals surface area contributed by atoms with Crippen LogP contribution in [0.2, 0.25) is 0 Å². The summed E-state index contributed by atoms with van der Waals surface area (Å²) in [7, 11) is -3.37. The second-order valence-electron chi connectivity index (χ2n) is 4.96. The van der Waals surface area contributed by atoms with E-state index in [1.165, 1.54) is 0 Å². The van der Waals surface area contributed by atoms with Crippen LogP contribution in [0.1, 0.15) is 40.5 Å². The molecule has 1 atom stereocenters. The molecule has 17 heavy (non-hydrogen) atoms. The van der Waals surface area contributed by atoms with Crippen molar-refractivity contribution in [1.29, 1.82) is 0 Å². The summed E-state index contributed by atoms with van der Waals surface area (Å²) in [6.07, 6.45) is 1.40. The zero-order valence-corrected chi connectivity index (χ0v) is 11.9. The van der Waals surface area contributed by atoms with Crippen LogP contribution in [-0.2, 0) is 14.8 Å². The van der Waals surface area contributed by atoms with E-state index in [0.717, 1.165) is 6.42 Å². The molecule has 3 N–H and O–H groups in total. The topological polar surface area (TPSA) is 89.3 Å². The van der Waals surface area contributed by atoms with E-state index < -0.39 is 21.5 Å². The number of sulfonamides is 1. The second-order valence-corrected chi connectivity index (χ2v) is 6.84. The van der Waals surface area contributed by atoms with E-state index in [2.05, 4.69) is 4.72 Å². The molecule has 6 heteroatoms. The highest BCUT2D eigenvalue weighted by molar-refractivity contribution is 7.89. The van der Waals surface area contributed by atoms with Gasteiger partial charge in [-0.25, -0.2) is 13.1 Å². The van der Waals surface area contributed by atoms with Crippen LogP contribution >= 0.6 is 0 Å². The maximum absolute atomic E-state index is 11.9. The van der Waals surface area contributed by atoms with Crippen LogP contribution in [0, 0.1) is 5.41 Å². The first-order valence-corrected chi connectivity index (χ1v) is 7.56. The third kappa shape index (κ3) is 5.61. The summed E-state index contributed by atoms with van der Waals surface area (Å²) in [5.74, 6) is -0.121. The van der Waals surface area contributed by atoms with Gasteiger partial charge in [0.1, 0.15) is 0 Å². The smallest absolute Gasteiger partial charge is 0.212 e. The molecule has 0 aliphatic rings. The van der Waals surface area contributed by atoms with Crippen molar-refractivity contribution < 1.29 is 13.2 Å². The minimum absolute atomic E-state index is 0.0597. The normalized spacial score (nSPS) is 14.6. The summed E-state index contributed by atoms with van der Waals surface area (Å²) in [6, 6.07) is -0.726. The van der Waals surface area contributed by atoms with Crippen LogP contribution < -0.4 is 10.5 Å². The largest absolute Gasteiger partial charge is 0.329 e. The molecule has 0 heterocycles. The number of rotatable bonds is 8. The number of carbonyl (C=O) groups excluding carboxylic acids is 1. The lowest BCUT2D eigenvalue weighted by molar-refractivity contribution is -0.127. The molecule has 0 amide bonds. The van der Waals surface area contributed by atoms with Crippen molar-refractivity contribution in [2.45, 2.75) is 46.6 Å². The molecular formula is C11H24N2O3S. The molecule has 0 aromatic carbocycles. The fourth-order valence-corrected chi connectivity index (χ4v) is 2.84. The first-order valence-electron chi connectivity index (χ1n) is 5.90. The van der Waals surface area contributed by atoms with Crippen LogP contribution in [-0.4, -0.2) is 32.5 Å². The van der Waals surface area contributed by atoms with Gasteiger partial charge in [-0.1, -0.05) is 27.2 Å². The summed E-state index contributed by atoms with van der Waals surface area (Å²) in [4.78, 5) is 11.9. The summed E-state index contributed by atoms with van der Waals surface area (Å²) in [5.41, 5.74) is 4.79. The van der Waals surface area contributed by atoms with Gasteiger partial charge in [0, 0.05) is 12.0 Å². The Kier molecular flexibility index (Phi) is 6.29. The molecule has 102 valence electrons. The van der Waals surface area contributed by atoms with E-state index in [0.29, 0.717) is 6.42 Å². The van der Waals surface area contributed by atoms with E-state index >= 15 is 0 Å². The number of nitrogens with two attached hydrogens (primary N) is 1. The van der Waals surface area contributed by atoms with E-state index in [-0.39, 0.29) is 18.1 Å². The van der Waals surface area contributed by atoms with E-state index in [9.17, 15) is 13.2 Å². The molecule has 0 aliphatic heterocycles. The quantitative estimate of drug-likeness (QED) is 0.673. The first kappa shape index (κ1) is 16.5. The number of carbonyl (C=O) groups is 1. The fraction of sp³-hybridized carbons (Fsp3) is 0.909. The Morgan fingerprint density at radius 2 is 1.94 bits per heavy atom. The second kappa shape index (κ2) is 6.47. The molecule has 0 radical (unpaired) electrons. The van der Waals surface area contributed by atoms with Gasteiger partial charge < -0.3 is 5.73 Å². The number of ketones is 1. The van der Waals surface area contributed by atoms with Crippen molar-refractivity contribution in [2.75, 3.05) is 12.3 Å². The molecule has 0 spiro atoms. The van der Waals surface area contributed by atoms with Gasteiger partial charge in [-0.3, -0.25) is 4.79 Å². The Bertz CT molecular complexity index is 350. The highest BCUT2D eigenvalue weighted by Gasteiger charge is 2.31. The zero-order chi connectivity index (χ0) is 13.7. The third-order valence-corrected chi connectivity index (χ3v) is 4.23. The lowest BCUT2D eigenvalue weighted by Crippen LogP contribution is -2.47. The molecule has 0 aromatic heterocycles. The van der Waals surface area contributed by atoms with Gasteiger partial charge in [-0.15, -0.1) is 0 Å². The van der Waals surface area contributed by atoms with Gasteiger partial charge in [0.05, 0.1) is 11.8 Å². The number of nitrogens with one attached hydrogen (secondary N) is 1.